The summed E-state index contributed by atoms with van der Waals surface area (Å²) < 4.78 is 15.8. The first-order chi connectivity index (χ1) is 13.0. The van der Waals surface area contributed by atoms with E-state index in [2.05, 4.69) is 0 Å². The summed E-state index contributed by atoms with van der Waals surface area (Å²) >= 11 is 6.17. The molecule has 0 N–H and O–H groups in total. The lowest BCUT2D eigenvalue weighted by Crippen LogP contribution is -2.15. The molecule has 0 atom stereocenters. The lowest BCUT2D eigenvalue weighted by Gasteiger charge is -2.13. The first-order valence-electron chi connectivity index (χ1n) is 8.86. The average molecular weight is 389 g/mol. The van der Waals surface area contributed by atoms with Crippen LogP contribution in [0.1, 0.15) is 45.2 Å². The van der Waals surface area contributed by atoms with E-state index in [0.717, 1.165) is 19.3 Å². The summed E-state index contributed by atoms with van der Waals surface area (Å²) in [6, 6.07) is 8.59. The maximum atomic E-state index is 12.4. The summed E-state index contributed by atoms with van der Waals surface area (Å²) in [7, 11) is 1.46. The number of methoxy groups -OCH3 is 1. The van der Waals surface area contributed by atoms with Gasteiger partial charge >= 0.3 is 5.97 Å². The molecule has 0 aromatic heterocycles. The second kappa shape index (κ2) is 8.44. The number of aryl methyl sites for hydroxylation is 2. The van der Waals surface area contributed by atoms with E-state index in [4.69, 9.17) is 25.8 Å². The van der Waals surface area contributed by atoms with Crippen molar-refractivity contribution in [2.45, 2.75) is 26.2 Å². The summed E-state index contributed by atoms with van der Waals surface area (Å²) in [6.45, 7) is 1.91. The van der Waals surface area contributed by atoms with Crippen molar-refractivity contribution in [2.75, 3.05) is 20.3 Å². The number of carbonyl (C=O) groups excluding carboxylic acids is 2. The van der Waals surface area contributed by atoms with Crippen molar-refractivity contribution >= 4 is 23.4 Å². The van der Waals surface area contributed by atoms with Crippen LogP contribution >= 0.6 is 11.6 Å². The molecule has 0 saturated heterocycles. The normalized spacial score (nSPS) is 12.4. The number of rotatable bonds is 7. The number of halogens is 1. The largest absolute Gasteiger partial charge is 0.493 e. The number of Topliss-reactive ketones (excluding diaryl/α,β-unsaturated/α-hetero) is 1. The Hall–Kier alpha value is -2.53. The van der Waals surface area contributed by atoms with Crippen LogP contribution in [-0.4, -0.2) is 32.1 Å². The van der Waals surface area contributed by atoms with Gasteiger partial charge in [0.25, 0.3) is 0 Å². The first-order valence-corrected chi connectivity index (χ1v) is 9.23. The fourth-order valence-corrected chi connectivity index (χ4v) is 3.43. The van der Waals surface area contributed by atoms with Gasteiger partial charge in [0, 0.05) is 5.56 Å². The molecule has 1 aliphatic rings. The van der Waals surface area contributed by atoms with E-state index in [9.17, 15) is 9.59 Å². The molecule has 5 nitrogen and oxygen atoms in total. The molecule has 2 aromatic rings. The molecule has 2 aromatic carbocycles. The van der Waals surface area contributed by atoms with Gasteiger partial charge in [-0.15, -0.1) is 0 Å². The zero-order chi connectivity index (χ0) is 19.4. The number of ether oxygens (including phenoxy) is 3. The minimum atomic E-state index is -0.646. The summed E-state index contributed by atoms with van der Waals surface area (Å²) in [6.07, 6.45) is 3.15. The molecule has 0 fully saturated rings. The Morgan fingerprint density at radius 3 is 2.59 bits per heavy atom. The molecule has 27 heavy (non-hydrogen) atoms. The van der Waals surface area contributed by atoms with Gasteiger partial charge in [0.15, 0.2) is 23.9 Å². The molecule has 0 spiro atoms. The summed E-state index contributed by atoms with van der Waals surface area (Å²) in [5.74, 6) is -0.177. The highest BCUT2D eigenvalue weighted by molar-refractivity contribution is 6.32. The zero-order valence-corrected chi connectivity index (χ0v) is 16.1. The number of esters is 1. The van der Waals surface area contributed by atoms with Gasteiger partial charge in [-0.25, -0.2) is 4.79 Å². The lowest BCUT2D eigenvalue weighted by molar-refractivity contribution is 0.0474. The second-order valence-corrected chi connectivity index (χ2v) is 6.67. The van der Waals surface area contributed by atoms with Crippen LogP contribution < -0.4 is 9.47 Å². The van der Waals surface area contributed by atoms with Crippen molar-refractivity contribution in [1.82, 2.24) is 0 Å². The summed E-state index contributed by atoms with van der Waals surface area (Å²) in [4.78, 5) is 24.7. The highest BCUT2D eigenvalue weighted by Crippen LogP contribution is 2.36. The van der Waals surface area contributed by atoms with Crippen molar-refractivity contribution < 1.29 is 23.8 Å². The number of fused-ring (bicyclic) bond motifs is 1. The molecule has 6 heteroatoms. The van der Waals surface area contributed by atoms with Crippen LogP contribution in [0.4, 0.5) is 0 Å². The van der Waals surface area contributed by atoms with E-state index in [1.165, 1.54) is 30.4 Å². The number of hydrogen-bond donors (Lipinski definition) is 0. The van der Waals surface area contributed by atoms with Crippen LogP contribution in [0.3, 0.4) is 0 Å². The van der Waals surface area contributed by atoms with Crippen LogP contribution in [0, 0.1) is 0 Å². The van der Waals surface area contributed by atoms with Crippen LogP contribution in [0.5, 0.6) is 11.5 Å². The number of benzene rings is 2. The summed E-state index contributed by atoms with van der Waals surface area (Å²) in [5.41, 5.74) is 3.25. The van der Waals surface area contributed by atoms with Gasteiger partial charge in [-0.1, -0.05) is 23.7 Å². The minimum absolute atomic E-state index is 0.196. The highest BCUT2D eigenvalue weighted by atomic mass is 35.5. The fourth-order valence-electron chi connectivity index (χ4n) is 3.17. The van der Waals surface area contributed by atoms with Gasteiger partial charge in [0.2, 0.25) is 0 Å². The van der Waals surface area contributed by atoms with E-state index in [1.807, 2.05) is 19.1 Å². The quantitative estimate of drug-likeness (QED) is 0.523. The monoisotopic (exact) mass is 388 g/mol. The van der Waals surface area contributed by atoms with E-state index in [1.54, 1.807) is 6.07 Å². The van der Waals surface area contributed by atoms with Crippen LogP contribution in [0.15, 0.2) is 30.3 Å². The molecular weight excluding hydrogens is 368 g/mol. The van der Waals surface area contributed by atoms with Crippen molar-refractivity contribution in [3.8, 4) is 11.5 Å². The predicted molar refractivity (Wildman–Crippen MR) is 102 cm³/mol. The SMILES string of the molecule is CCOc1c(Cl)cc(C(=O)OCC(=O)c2ccc3c(c2)CCC3)cc1OC. The van der Waals surface area contributed by atoms with Crippen molar-refractivity contribution in [2.24, 2.45) is 0 Å². The molecule has 0 heterocycles. The molecule has 142 valence electrons. The predicted octanol–water partition coefficient (Wildman–Crippen LogP) is 4.28. The topological polar surface area (TPSA) is 61.8 Å². The van der Waals surface area contributed by atoms with Crippen molar-refractivity contribution in [3.63, 3.8) is 0 Å². The van der Waals surface area contributed by atoms with E-state index in [0.29, 0.717) is 23.7 Å². The van der Waals surface area contributed by atoms with E-state index in [-0.39, 0.29) is 23.0 Å². The van der Waals surface area contributed by atoms with E-state index < -0.39 is 5.97 Å². The molecule has 3 rings (SSSR count). The second-order valence-electron chi connectivity index (χ2n) is 6.26. The Labute approximate surface area is 163 Å². The Bertz CT molecular complexity index is 875. The molecule has 0 radical (unpaired) electrons. The molecule has 0 bridgehead atoms. The third kappa shape index (κ3) is 4.25. The van der Waals surface area contributed by atoms with Gasteiger partial charge < -0.3 is 14.2 Å². The number of ketones is 1. The standard InChI is InChI=1S/C21H21ClO5/c1-3-26-20-17(22)10-16(11-19(20)25-2)21(24)27-12-18(23)15-8-7-13-5-4-6-14(13)9-15/h7-11H,3-6,12H2,1-2H3. The molecular formula is C21H21ClO5. The highest BCUT2D eigenvalue weighted by Gasteiger charge is 2.19. The first kappa shape index (κ1) is 19.2. The van der Waals surface area contributed by atoms with Gasteiger partial charge in [-0.2, -0.15) is 0 Å². The molecule has 0 aliphatic heterocycles. The number of carbonyl (C=O) groups is 2. The lowest BCUT2D eigenvalue weighted by atomic mass is 10.0. The van der Waals surface area contributed by atoms with Crippen molar-refractivity contribution in [1.29, 1.82) is 0 Å². The Morgan fingerprint density at radius 1 is 1.07 bits per heavy atom. The van der Waals surface area contributed by atoms with Crippen LogP contribution in [0.2, 0.25) is 5.02 Å². The van der Waals surface area contributed by atoms with Crippen LogP contribution in [0.25, 0.3) is 0 Å². The third-order valence-electron chi connectivity index (χ3n) is 4.51. The molecule has 1 aliphatic carbocycles. The molecule has 0 amide bonds. The fraction of sp³-hybridized carbons (Fsp3) is 0.333. The Balaban J connectivity index is 1.68. The van der Waals surface area contributed by atoms with E-state index >= 15 is 0 Å². The molecule has 0 saturated carbocycles. The summed E-state index contributed by atoms with van der Waals surface area (Å²) in [5, 5.41) is 0.244. The number of hydrogen-bond acceptors (Lipinski definition) is 5. The maximum Gasteiger partial charge on any atom is 0.338 e. The molecule has 0 unspecified atom stereocenters. The van der Waals surface area contributed by atoms with Gasteiger partial charge in [-0.05, 0) is 55.5 Å². The van der Waals surface area contributed by atoms with Gasteiger partial charge in [0.1, 0.15) is 0 Å². The smallest absolute Gasteiger partial charge is 0.338 e. The van der Waals surface area contributed by atoms with Crippen LogP contribution in [-0.2, 0) is 17.6 Å². The Morgan fingerprint density at radius 2 is 1.85 bits per heavy atom. The van der Waals surface area contributed by atoms with Crippen molar-refractivity contribution in [3.05, 3.63) is 57.6 Å². The maximum absolute atomic E-state index is 12.4. The zero-order valence-electron chi connectivity index (χ0n) is 15.3. The van der Waals surface area contributed by atoms with Gasteiger partial charge in [0.05, 0.1) is 24.3 Å². The third-order valence-corrected chi connectivity index (χ3v) is 4.79. The van der Waals surface area contributed by atoms with Gasteiger partial charge in [-0.3, -0.25) is 4.79 Å². The average Bonchev–Trinajstić information content (AvgIpc) is 3.15. The minimum Gasteiger partial charge on any atom is -0.493 e. The Kier molecular flexibility index (Phi) is 6.01.